The van der Waals surface area contributed by atoms with Gasteiger partial charge in [0.25, 0.3) is 0 Å². The summed E-state index contributed by atoms with van der Waals surface area (Å²) >= 11 is 1.78. The van der Waals surface area contributed by atoms with E-state index in [0.29, 0.717) is 0 Å². The molecule has 0 aromatic carbocycles. The van der Waals surface area contributed by atoms with Gasteiger partial charge in [-0.1, -0.05) is 0 Å². The van der Waals surface area contributed by atoms with Gasteiger partial charge in [0.05, 0.1) is 0 Å². The van der Waals surface area contributed by atoms with Gasteiger partial charge in [-0.15, -0.1) is 0 Å². The summed E-state index contributed by atoms with van der Waals surface area (Å²) < 4.78 is 3.23. The number of nitrogens with zero attached hydrogens (tertiary/aromatic N) is 1. The Morgan fingerprint density at radius 3 is 3.00 bits per heavy atom. The van der Waals surface area contributed by atoms with E-state index in [4.69, 9.17) is 0 Å². The van der Waals surface area contributed by atoms with Crippen LogP contribution in [0, 0.1) is 0 Å². The van der Waals surface area contributed by atoms with E-state index in [2.05, 4.69) is 56.6 Å². The predicted octanol–water partition coefficient (Wildman–Crippen LogP) is 2.78. The summed E-state index contributed by atoms with van der Waals surface area (Å²) in [5, 5.41) is 0. The van der Waals surface area contributed by atoms with Gasteiger partial charge in [-0.2, -0.15) is 0 Å². The van der Waals surface area contributed by atoms with Crippen molar-refractivity contribution >= 4 is 36.5 Å². The molecule has 0 aromatic rings. The molecule has 0 spiro atoms. The monoisotopic (exact) mass is 380 g/mol. The SMILES string of the molecule is CN1C2C=C([Se]3C=CC(I)=C3)CC1CC2. The molecule has 0 amide bonds. The molecule has 3 heteroatoms. The zero-order chi connectivity index (χ0) is 10.4. The van der Waals surface area contributed by atoms with E-state index in [0.717, 1.165) is 12.1 Å². The maximum atomic E-state index is 2.57. The molecule has 81 valence electrons. The zero-order valence-corrected chi connectivity index (χ0v) is 12.7. The average molecular weight is 379 g/mol. The number of hydrogen-bond donors (Lipinski definition) is 0. The van der Waals surface area contributed by atoms with Crippen molar-refractivity contribution in [2.45, 2.75) is 31.3 Å². The molecule has 1 saturated heterocycles. The molecule has 1 fully saturated rings. The number of allylic oxidation sites excluding steroid dienone is 2. The molecule has 1 radical (unpaired) electrons. The van der Waals surface area contributed by atoms with Crippen molar-refractivity contribution < 1.29 is 0 Å². The molecule has 0 aliphatic carbocycles. The number of halogens is 1. The molecule has 3 heterocycles. The van der Waals surface area contributed by atoms with Crippen LogP contribution in [0.25, 0.3) is 0 Å². The van der Waals surface area contributed by atoms with Crippen molar-refractivity contribution in [1.82, 2.24) is 4.90 Å². The Balaban J connectivity index is 1.85. The fourth-order valence-electron chi connectivity index (χ4n) is 2.68. The van der Waals surface area contributed by atoms with E-state index >= 15 is 0 Å². The molecular formula is C12H15INSe. The minimum absolute atomic E-state index is 0.660. The van der Waals surface area contributed by atoms with Crippen LogP contribution < -0.4 is 0 Å². The molecule has 3 aliphatic heterocycles. The number of fused-ring (bicyclic) bond motifs is 2. The predicted molar refractivity (Wildman–Crippen MR) is 74.3 cm³/mol. The van der Waals surface area contributed by atoms with Gasteiger partial charge in [0.2, 0.25) is 0 Å². The maximum absolute atomic E-state index is 2.57. The van der Waals surface area contributed by atoms with E-state index in [-0.39, 0.29) is 0 Å². The summed E-state index contributed by atoms with van der Waals surface area (Å²) in [6.45, 7) is 0. The van der Waals surface area contributed by atoms with Crippen LogP contribution in [0.3, 0.4) is 0 Å². The molecule has 0 saturated carbocycles. The van der Waals surface area contributed by atoms with E-state index in [1.807, 2.05) is 0 Å². The molecule has 2 atom stereocenters. The summed E-state index contributed by atoms with van der Waals surface area (Å²) in [5.41, 5.74) is 0. The zero-order valence-electron chi connectivity index (χ0n) is 8.82. The minimum atomic E-state index is -0.660. The molecule has 3 aliphatic rings. The van der Waals surface area contributed by atoms with Gasteiger partial charge < -0.3 is 0 Å². The average Bonchev–Trinajstić information content (AvgIpc) is 2.70. The van der Waals surface area contributed by atoms with E-state index < -0.39 is 13.9 Å². The topological polar surface area (TPSA) is 3.24 Å². The van der Waals surface area contributed by atoms with Crippen molar-refractivity contribution in [2.75, 3.05) is 7.05 Å². The van der Waals surface area contributed by atoms with Gasteiger partial charge in [0.15, 0.2) is 0 Å². The summed E-state index contributed by atoms with van der Waals surface area (Å²) in [6.07, 6.45) is 9.00. The van der Waals surface area contributed by atoms with Gasteiger partial charge in [-0.05, 0) is 0 Å². The fourth-order valence-corrected chi connectivity index (χ4v) is 8.44. The summed E-state index contributed by atoms with van der Waals surface area (Å²) in [7, 11) is 2.29. The first kappa shape index (κ1) is 10.6. The second kappa shape index (κ2) is 4.02. The van der Waals surface area contributed by atoms with Gasteiger partial charge >= 0.3 is 110 Å². The van der Waals surface area contributed by atoms with Crippen molar-refractivity contribution in [3.8, 4) is 0 Å². The fraction of sp³-hybridized carbons (Fsp3) is 0.500. The van der Waals surface area contributed by atoms with Crippen molar-refractivity contribution in [1.29, 1.82) is 0 Å². The van der Waals surface area contributed by atoms with Crippen LogP contribution >= 0.6 is 22.6 Å². The van der Waals surface area contributed by atoms with Gasteiger partial charge in [-0.3, -0.25) is 0 Å². The van der Waals surface area contributed by atoms with Crippen LogP contribution in [-0.4, -0.2) is 37.9 Å². The number of likely N-dealkylation sites (N-methyl/N-ethyl adjacent to an activating group) is 1. The van der Waals surface area contributed by atoms with Crippen molar-refractivity contribution in [3.05, 3.63) is 30.2 Å². The van der Waals surface area contributed by atoms with E-state index in [1.165, 1.54) is 22.8 Å². The van der Waals surface area contributed by atoms with Gasteiger partial charge in [-0.25, -0.2) is 0 Å². The molecule has 1 nitrogen and oxygen atoms in total. The molecular weight excluding hydrogens is 364 g/mol. The molecule has 2 unspecified atom stereocenters. The first-order chi connectivity index (χ1) is 7.24. The molecule has 2 bridgehead atoms. The normalized spacial score (nSPS) is 35.9. The molecule has 0 aromatic heterocycles. The van der Waals surface area contributed by atoms with Gasteiger partial charge in [0.1, 0.15) is 0 Å². The second-order valence-corrected chi connectivity index (χ2v) is 9.45. The van der Waals surface area contributed by atoms with Crippen LogP contribution in [0.1, 0.15) is 19.3 Å². The van der Waals surface area contributed by atoms with Gasteiger partial charge in [0, 0.05) is 0 Å². The summed E-state index contributed by atoms with van der Waals surface area (Å²) in [6, 6.07) is 1.60. The van der Waals surface area contributed by atoms with Crippen LogP contribution in [-0.2, 0) is 0 Å². The molecule has 3 rings (SSSR count). The Kier molecular flexibility index (Phi) is 2.84. The quantitative estimate of drug-likeness (QED) is 0.501. The molecule has 0 N–H and O–H groups in total. The third kappa shape index (κ3) is 1.88. The van der Waals surface area contributed by atoms with E-state index in [9.17, 15) is 0 Å². The first-order valence-electron chi connectivity index (χ1n) is 5.44. The third-order valence-corrected chi connectivity index (χ3v) is 9.12. The van der Waals surface area contributed by atoms with Crippen LogP contribution in [0.4, 0.5) is 0 Å². The summed E-state index contributed by atoms with van der Waals surface area (Å²) in [4.78, 5) is 7.55. The Morgan fingerprint density at radius 1 is 1.47 bits per heavy atom. The van der Waals surface area contributed by atoms with Crippen LogP contribution in [0.5, 0.6) is 0 Å². The van der Waals surface area contributed by atoms with Crippen molar-refractivity contribution in [3.63, 3.8) is 0 Å². The first-order valence-corrected chi connectivity index (χ1v) is 9.35. The Hall–Kier alpha value is 0.429. The number of rotatable bonds is 1. The van der Waals surface area contributed by atoms with E-state index in [1.54, 1.807) is 4.47 Å². The Bertz CT molecular complexity index is 372. The standard InChI is InChI=1S/C12H15INSe/c1-14-10-2-3-11(14)7-12(6-10)15-5-4-9(13)8-15/h4-6,8,10-11H,2-3,7H2,1H3. The number of hydrogen-bond acceptors (Lipinski definition) is 1. The van der Waals surface area contributed by atoms with Crippen LogP contribution in [0.15, 0.2) is 30.2 Å². The summed E-state index contributed by atoms with van der Waals surface area (Å²) in [5.74, 6) is 0. The Morgan fingerprint density at radius 2 is 2.33 bits per heavy atom. The van der Waals surface area contributed by atoms with Crippen LogP contribution in [0.2, 0.25) is 0 Å². The van der Waals surface area contributed by atoms with Crippen molar-refractivity contribution in [2.24, 2.45) is 0 Å². The third-order valence-electron chi connectivity index (χ3n) is 3.63. The molecule has 15 heavy (non-hydrogen) atoms. The second-order valence-electron chi connectivity index (χ2n) is 4.48. The Labute approximate surface area is 109 Å².